The van der Waals surface area contributed by atoms with Crippen LogP contribution in [-0.4, -0.2) is 28.4 Å². The van der Waals surface area contributed by atoms with Gasteiger partial charge in [0, 0.05) is 23.0 Å². The number of hydrogen-bond acceptors (Lipinski definition) is 3. The fourth-order valence-electron chi connectivity index (χ4n) is 4.22. The van der Waals surface area contributed by atoms with Crippen LogP contribution in [0.15, 0.2) is 18.3 Å². The Balaban J connectivity index is 1.34. The second-order valence-electron chi connectivity index (χ2n) is 7.26. The Morgan fingerprint density at radius 1 is 1.04 bits per heavy atom. The van der Waals surface area contributed by atoms with Gasteiger partial charge >= 0.3 is 0 Å². The van der Waals surface area contributed by atoms with E-state index >= 15 is 0 Å². The van der Waals surface area contributed by atoms with Crippen molar-refractivity contribution in [3.05, 3.63) is 23.9 Å². The first-order chi connectivity index (χ1) is 11.3. The molecule has 2 fully saturated rings. The predicted molar refractivity (Wildman–Crippen MR) is 92.9 cm³/mol. The first-order valence-corrected chi connectivity index (χ1v) is 9.15. The van der Waals surface area contributed by atoms with E-state index in [0.29, 0.717) is 12.1 Å². The molecule has 23 heavy (non-hydrogen) atoms. The standard InChI is InChI=1S/C19H27N3O/c1-13-17-12-20-22-18(17)10-11-19(13)23-16-8-6-15(7-9-16)21-14-4-2-3-5-14/h10-12,14-16,21H,2-9H2,1H3,(H,20,22). The summed E-state index contributed by atoms with van der Waals surface area (Å²) < 4.78 is 6.31. The Kier molecular flexibility index (Phi) is 4.25. The average molecular weight is 313 g/mol. The van der Waals surface area contributed by atoms with Crippen LogP contribution in [0.4, 0.5) is 0 Å². The second kappa shape index (κ2) is 6.52. The summed E-state index contributed by atoms with van der Waals surface area (Å²) in [5.74, 6) is 1.02. The zero-order chi connectivity index (χ0) is 15.6. The molecule has 0 radical (unpaired) electrons. The van der Waals surface area contributed by atoms with E-state index in [2.05, 4.69) is 34.6 Å². The van der Waals surface area contributed by atoms with Crippen LogP contribution in [0.3, 0.4) is 0 Å². The van der Waals surface area contributed by atoms with Crippen LogP contribution in [0.5, 0.6) is 5.75 Å². The van der Waals surface area contributed by atoms with Gasteiger partial charge in [0.2, 0.25) is 0 Å². The molecule has 4 heteroatoms. The Morgan fingerprint density at radius 2 is 1.78 bits per heavy atom. The minimum absolute atomic E-state index is 0.361. The molecule has 2 aromatic rings. The molecule has 4 rings (SSSR count). The van der Waals surface area contributed by atoms with Crippen molar-refractivity contribution in [1.29, 1.82) is 0 Å². The Bertz CT molecular complexity index is 652. The number of benzene rings is 1. The summed E-state index contributed by atoms with van der Waals surface area (Å²) in [4.78, 5) is 0. The highest BCUT2D eigenvalue weighted by Crippen LogP contribution is 2.30. The fraction of sp³-hybridized carbons (Fsp3) is 0.632. The molecule has 2 aliphatic carbocycles. The molecular weight excluding hydrogens is 286 g/mol. The zero-order valence-corrected chi connectivity index (χ0v) is 14.0. The molecule has 1 aromatic carbocycles. The lowest BCUT2D eigenvalue weighted by atomic mass is 9.92. The van der Waals surface area contributed by atoms with Crippen molar-refractivity contribution in [3.8, 4) is 5.75 Å². The average Bonchev–Trinajstić information content (AvgIpc) is 3.23. The van der Waals surface area contributed by atoms with Gasteiger partial charge in [-0.3, -0.25) is 5.10 Å². The van der Waals surface area contributed by atoms with E-state index in [9.17, 15) is 0 Å². The fourth-order valence-corrected chi connectivity index (χ4v) is 4.22. The van der Waals surface area contributed by atoms with Gasteiger partial charge in [0.05, 0.1) is 17.8 Å². The van der Waals surface area contributed by atoms with Gasteiger partial charge in [0.15, 0.2) is 0 Å². The third kappa shape index (κ3) is 3.23. The molecule has 0 amide bonds. The molecule has 1 heterocycles. The van der Waals surface area contributed by atoms with Crippen LogP contribution in [0.1, 0.15) is 56.9 Å². The summed E-state index contributed by atoms with van der Waals surface area (Å²) in [5, 5.41) is 12.2. The maximum Gasteiger partial charge on any atom is 0.123 e. The number of ether oxygens (including phenoxy) is 1. The minimum Gasteiger partial charge on any atom is -0.490 e. The van der Waals surface area contributed by atoms with Crippen molar-refractivity contribution >= 4 is 10.9 Å². The number of hydrogen-bond donors (Lipinski definition) is 2. The van der Waals surface area contributed by atoms with Gasteiger partial charge in [-0.15, -0.1) is 0 Å². The molecule has 4 nitrogen and oxygen atoms in total. The van der Waals surface area contributed by atoms with Crippen LogP contribution in [0.2, 0.25) is 0 Å². The van der Waals surface area contributed by atoms with Gasteiger partial charge in [-0.25, -0.2) is 0 Å². The van der Waals surface area contributed by atoms with E-state index < -0.39 is 0 Å². The lowest BCUT2D eigenvalue weighted by molar-refractivity contribution is 0.136. The normalized spacial score (nSPS) is 26.0. The lowest BCUT2D eigenvalue weighted by Gasteiger charge is -2.31. The van der Waals surface area contributed by atoms with E-state index in [1.165, 1.54) is 49.5 Å². The summed E-state index contributed by atoms with van der Waals surface area (Å²) in [6, 6.07) is 5.63. The van der Waals surface area contributed by atoms with Crippen molar-refractivity contribution in [2.75, 3.05) is 0 Å². The van der Waals surface area contributed by atoms with Crippen LogP contribution >= 0.6 is 0 Å². The largest absolute Gasteiger partial charge is 0.490 e. The van der Waals surface area contributed by atoms with Crippen LogP contribution in [0.25, 0.3) is 10.9 Å². The third-order valence-corrected chi connectivity index (χ3v) is 5.64. The van der Waals surface area contributed by atoms with Crippen molar-refractivity contribution in [3.63, 3.8) is 0 Å². The van der Waals surface area contributed by atoms with Gasteiger partial charge in [-0.05, 0) is 57.6 Å². The maximum atomic E-state index is 6.31. The summed E-state index contributed by atoms with van der Waals surface area (Å²) in [5.41, 5.74) is 2.28. The monoisotopic (exact) mass is 313 g/mol. The smallest absolute Gasteiger partial charge is 0.123 e. The molecule has 2 saturated carbocycles. The lowest BCUT2D eigenvalue weighted by Crippen LogP contribution is -2.41. The molecule has 0 saturated heterocycles. The zero-order valence-electron chi connectivity index (χ0n) is 14.0. The second-order valence-corrected chi connectivity index (χ2v) is 7.26. The number of nitrogens with zero attached hydrogens (tertiary/aromatic N) is 1. The molecular formula is C19H27N3O. The molecule has 0 atom stereocenters. The van der Waals surface area contributed by atoms with E-state index in [1.807, 2.05) is 6.20 Å². The van der Waals surface area contributed by atoms with E-state index in [4.69, 9.17) is 4.74 Å². The molecule has 0 bridgehead atoms. The summed E-state index contributed by atoms with van der Waals surface area (Å²) in [7, 11) is 0. The molecule has 0 aliphatic heterocycles. The number of fused-ring (bicyclic) bond motifs is 1. The highest BCUT2D eigenvalue weighted by Gasteiger charge is 2.25. The predicted octanol–water partition coefficient (Wildman–Crippen LogP) is 4.09. The molecule has 2 aliphatic rings. The Morgan fingerprint density at radius 3 is 2.57 bits per heavy atom. The van der Waals surface area contributed by atoms with Crippen molar-refractivity contribution < 1.29 is 4.74 Å². The number of aromatic amines is 1. The van der Waals surface area contributed by atoms with E-state index in [0.717, 1.165) is 30.1 Å². The van der Waals surface area contributed by atoms with Crippen molar-refractivity contribution in [2.45, 2.75) is 76.5 Å². The highest BCUT2D eigenvalue weighted by atomic mass is 16.5. The summed E-state index contributed by atoms with van der Waals surface area (Å²) in [6.45, 7) is 2.13. The topological polar surface area (TPSA) is 49.9 Å². The molecule has 0 spiro atoms. The van der Waals surface area contributed by atoms with Crippen molar-refractivity contribution in [1.82, 2.24) is 15.5 Å². The Hall–Kier alpha value is -1.55. The van der Waals surface area contributed by atoms with Gasteiger partial charge in [-0.1, -0.05) is 12.8 Å². The molecule has 0 unspecified atom stereocenters. The van der Waals surface area contributed by atoms with Crippen LogP contribution in [-0.2, 0) is 0 Å². The number of rotatable bonds is 4. The molecule has 1 aromatic heterocycles. The Labute approximate surface area is 138 Å². The number of aromatic nitrogens is 2. The van der Waals surface area contributed by atoms with Crippen LogP contribution < -0.4 is 10.1 Å². The summed E-state index contributed by atoms with van der Waals surface area (Å²) >= 11 is 0. The van der Waals surface area contributed by atoms with Gasteiger partial charge in [0.1, 0.15) is 5.75 Å². The molecule has 124 valence electrons. The van der Waals surface area contributed by atoms with Crippen LogP contribution in [0, 0.1) is 6.92 Å². The summed E-state index contributed by atoms with van der Waals surface area (Å²) in [6.07, 6.45) is 12.6. The van der Waals surface area contributed by atoms with Gasteiger partial charge < -0.3 is 10.1 Å². The minimum atomic E-state index is 0.361. The number of nitrogens with one attached hydrogen (secondary N) is 2. The van der Waals surface area contributed by atoms with Gasteiger partial charge in [0.25, 0.3) is 0 Å². The molecule has 2 N–H and O–H groups in total. The first-order valence-electron chi connectivity index (χ1n) is 9.15. The van der Waals surface area contributed by atoms with Gasteiger partial charge in [-0.2, -0.15) is 5.10 Å². The van der Waals surface area contributed by atoms with E-state index in [-0.39, 0.29) is 0 Å². The van der Waals surface area contributed by atoms with E-state index in [1.54, 1.807) is 0 Å². The first kappa shape index (κ1) is 15.0. The SMILES string of the molecule is Cc1c(OC2CCC(NC3CCCC3)CC2)ccc2[nH]ncc12. The maximum absolute atomic E-state index is 6.31. The number of H-pyrrole nitrogens is 1. The number of aryl methyl sites for hydroxylation is 1. The quantitative estimate of drug-likeness (QED) is 0.893. The van der Waals surface area contributed by atoms with Crippen molar-refractivity contribution in [2.24, 2.45) is 0 Å². The highest BCUT2D eigenvalue weighted by molar-refractivity contribution is 5.83. The third-order valence-electron chi connectivity index (χ3n) is 5.64.